The average molecular weight is 291 g/mol. The van der Waals surface area contributed by atoms with E-state index >= 15 is 0 Å². The third-order valence-corrected chi connectivity index (χ3v) is 3.61. The van der Waals surface area contributed by atoms with Crippen LogP contribution in [-0.2, 0) is 21.4 Å². The number of hydrogen-bond donors (Lipinski definition) is 0. The molecule has 1 unspecified atom stereocenters. The maximum atomic E-state index is 12.2. The Labute approximate surface area is 124 Å². The van der Waals surface area contributed by atoms with E-state index in [9.17, 15) is 9.59 Å². The molecule has 0 spiro atoms. The Bertz CT molecular complexity index is 536. The second-order valence-electron chi connectivity index (χ2n) is 5.09. The summed E-state index contributed by atoms with van der Waals surface area (Å²) in [6.07, 6.45) is 6.57. The lowest BCUT2D eigenvalue weighted by atomic mass is 9.98. The van der Waals surface area contributed by atoms with Gasteiger partial charge in [-0.25, -0.2) is 0 Å². The number of rotatable bonds is 4. The third-order valence-electron chi connectivity index (χ3n) is 3.61. The summed E-state index contributed by atoms with van der Waals surface area (Å²) in [4.78, 5) is 25.7. The second-order valence-corrected chi connectivity index (χ2v) is 5.09. The van der Waals surface area contributed by atoms with Gasteiger partial charge in [0.1, 0.15) is 0 Å². The summed E-state index contributed by atoms with van der Waals surface area (Å²) >= 11 is 0. The highest BCUT2D eigenvalue weighted by molar-refractivity contribution is 5.92. The van der Waals surface area contributed by atoms with Crippen LogP contribution in [0.1, 0.15) is 25.5 Å². The molecule has 21 heavy (non-hydrogen) atoms. The molecule has 0 radical (unpaired) electrons. The van der Waals surface area contributed by atoms with Crippen LogP contribution in [0.5, 0.6) is 0 Å². The van der Waals surface area contributed by atoms with Crippen molar-refractivity contribution >= 4 is 18.0 Å². The number of esters is 1. The van der Waals surface area contributed by atoms with Gasteiger partial charge in [0, 0.05) is 32.4 Å². The summed E-state index contributed by atoms with van der Waals surface area (Å²) in [5, 5.41) is 4.04. The van der Waals surface area contributed by atoms with Gasteiger partial charge in [0.15, 0.2) is 0 Å². The predicted octanol–water partition coefficient (Wildman–Crippen LogP) is 1.23. The normalized spacial score (nSPS) is 19.0. The molecule has 0 bridgehead atoms. The van der Waals surface area contributed by atoms with E-state index in [1.54, 1.807) is 28.8 Å². The van der Waals surface area contributed by atoms with Crippen molar-refractivity contribution in [1.29, 1.82) is 0 Å². The van der Waals surface area contributed by atoms with Gasteiger partial charge in [0.05, 0.1) is 18.2 Å². The zero-order valence-electron chi connectivity index (χ0n) is 12.5. The third kappa shape index (κ3) is 3.93. The van der Waals surface area contributed by atoms with Crippen molar-refractivity contribution in [2.75, 3.05) is 19.7 Å². The molecule has 1 aromatic rings. The number of carbonyl (C=O) groups is 2. The summed E-state index contributed by atoms with van der Waals surface area (Å²) in [5.74, 6) is -0.483. The van der Waals surface area contributed by atoms with E-state index in [1.807, 2.05) is 13.1 Å². The first-order chi connectivity index (χ1) is 10.1. The highest BCUT2D eigenvalue weighted by Gasteiger charge is 2.28. The van der Waals surface area contributed by atoms with E-state index in [4.69, 9.17) is 4.74 Å². The lowest BCUT2D eigenvalue weighted by Crippen LogP contribution is -2.42. The minimum Gasteiger partial charge on any atom is -0.466 e. The maximum absolute atomic E-state index is 12.2. The summed E-state index contributed by atoms with van der Waals surface area (Å²) in [6, 6.07) is 1.83. The van der Waals surface area contributed by atoms with Crippen LogP contribution in [0.2, 0.25) is 0 Å². The van der Waals surface area contributed by atoms with Gasteiger partial charge in [-0.3, -0.25) is 14.3 Å². The molecule has 1 saturated heterocycles. The highest BCUT2D eigenvalue weighted by Crippen LogP contribution is 2.18. The Kier molecular flexibility index (Phi) is 5.14. The molecule has 2 heterocycles. The average Bonchev–Trinajstić information content (AvgIpc) is 2.90. The molecule has 2 rings (SSSR count). The summed E-state index contributed by atoms with van der Waals surface area (Å²) in [5.41, 5.74) is 0.863. The molecule has 0 N–H and O–H groups in total. The lowest BCUT2D eigenvalue weighted by Gasteiger charge is -2.30. The number of carbonyl (C=O) groups excluding carboxylic acids is 2. The van der Waals surface area contributed by atoms with Gasteiger partial charge in [-0.1, -0.05) is 0 Å². The Morgan fingerprint density at radius 2 is 2.33 bits per heavy atom. The van der Waals surface area contributed by atoms with Gasteiger partial charge < -0.3 is 9.64 Å². The molecule has 1 fully saturated rings. The van der Waals surface area contributed by atoms with Crippen molar-refractivity contribution < 1.29 is 14.3 Å². The molecular formula is C15H21N3O3. The van der Waals surface area contributed by atoms with Crippen molar-refractivity contribution in [3.05, 3.63) is 24.0 Å². The summed E-state index contributed by atoms with van der Waals surface area (Å²) in [6.45, 7) is 3.29. The standard InChI is InChI=1S/C15H21N3O3/c1-3-21-15(20)12-5-4-10-18(11-12)14(19)7-6-13-8-9-16-17(13)2/h6-9,12H,3-5,10-11H2,1-2H3/b7-6+. The maximum Gasteiger partial charge on any atom is 0.310 e. The number of aromatic nitrogens is 2. The van der Waals surface area contributed by atoms with Crippen LogP contribution in [0.4, 0.5) is 0 Å². The van der Waals surface area contributed by atoms with Crippen molar-refractivity contribution in [3.8, 4) is 0 Å². The van der Waals surface area contributed by atoms with E-state index in [0.717, 1.165) is 18.5 Å². The Balaban J connectivity index is 1.94. The number of aryl methyl sites for hydroxylation is 1. The van der Waals surface area contributed by atoms with Gasteiger partial charge in [0.25, 0.3) is 0 Å². The van der Waals surface area contributed by atoms with Crippen LogP contribution in [0.15, 0.2) is 18.3 Å². The number of likely N-dealkylation sites (tertiary alicyclic amines) is 1. The molecule has 0 aliphatic carbocycles. The van der Waals surface area contributed by atoms with Crippen molar-refractivity contribution in [2.24, 2.45) is 13.0 Å². The van der Waals surface area contributed by atoms with Crippen molar-refractivity contribution in [1.82, 2.24) is 14.7 Å². The van der Waals surface area contributed by atoms with Gasteiger partial charge in [-0.2, -0.15) is 5.10 Å². The summed E-state index contributed by atoms with van der Waals surface area (Å²) in [7, 11) is 1.82. The lowest BCUT2D eigenvalue weighted by molar-refractivity contribution is -0.150. The van der Waals surface area contributed by atoms with Crippen LogP contribution in [0.25, 0.3) is 6.08 Å². The Hall–Kier alpha value is -2.11. The Morgan fingerprint density at radius 3 is 3.00 bits per heavy atom. The van der Waals surface area contributed by atoms with Crippen LogP contribution in [0, 0.1) is 5.92 Å². The monoisotopic (exact) mass is 291 g/mol. The van der Waals surface area contributed by atoms with Gasteiger partial charge >= 0.3 is 5.97 Å². The smallest absolute Gasteiger partial charge is 0.310 e. The fourth-order valence-electron chi connectivity index (χ4n) is 2.44. The SMILES string of the molecule is CCOC(=O)C1CCCN(C(=O)/C=C/c2ccnn2C)C1. The van der Waals surface area contributed by atoms with E-state index in [0.29, 0.717) is 19.7 Å². The molecule has 6 heteroatoms. The first kappa shape index (κ1) is 15.3. The first-order valence-corrected chi connectivity index (χ1v) is 7.23. The molecule has 1 amide bonds. The summed E-state index contributed by atoms with van der Waals surface area (Å²) < 4.78 is 6.73. The van der Waals surface area contributed by atoms with E-state index in [1.165, 1.54) is 6.08 Å². The molecule has 0 saturated carbocycles. The number of hydrogen-bond acceptors (Lipinski definition) is 4. The zero-order valence-corrected chi connectivity index (χ0v) is 12.5. The number of amides is 1. The van der Waals surface area contributed by atoms with Gasteiger partial charge in [-0.15, -0.1) is 0 Å². The van der Waals surface area contributed by atoms with E-state index < -0.39 is 0 Å². The largest absolute Gasteiger partial charge is 0.466 e. The molecule has 1 atom stereocenters. The minimum atomic E-state index is -0.203. The molecule has 0 aromatic carbocycles. The van der Waals surface area contributed by atoms with Crippen molar-refractivity contribution in [3.63, 3.8) is 0 Å². The molecule has 114 valence electrons. The fraction of sp³-hybridized carbons (Fsp3) is 0.533. The van der Waals surface area contributed by atoms with Gasteiger partial charge in [-0.05, 0) is 31.9 Å². The minimum absolute atomic E-state index is 0.0785. The molecule has 1 aliphatic heterocycles. The first-order valence-electron chi connectivity index (χ1n) is 7.23. The fourth-order valence-corrected chi connectivity index (χ4v) is 2.44. The quantitative estimate of drug-likeness (QED) is 0.618. The second kappa shape index (κ2) is 7.06. The number of piperidine rings is 1. The van der Waals surface area contributed by atoms with Crippen LogP contribution in [0.3, 0.4) is 0 Å². The number of ether oxygens (including phenoxy) is 1. The molecule has 1 aliphatic rings. The molecule has 6 nitrogen and oxygen atoms in total. The van der Waals surface area contributed by atoms with E-state index in [2.05, 4.69) is 5.10 Å². The molecule has 1 aromatic heterocycles. The van der Waals surface area contributed by atoms with Gasteiger partial charge in [0.2, 0.25) is 5.91 Å². The van der Waals surface area contributed by atoms with Crippen LogP contribution >= 0.6 is 0 Å². The van der Waals surface area contributed by atoms with Crippen LogP contribution < -0.4 is 0 Å². The Morgan fingerprint density at radius 1 is 1.52 bits per heavy atom. The van der Waals surface area contributed by atoms with Crippen molar-refractivity contribution in [2.45, 2.75) is 19.8 Å². The topological polar surface area (TPSA) is 64.4 Å². The van der Waals surface area contributed by atoms with Crippen LogP contribution in [-0.4, -0.2) is 46.3 Å². The predicted molar refractivity (Wildman–Crippen MR) is 78.2 cm³/mol. The van der Waals surface area contributed by atoms with E-state index in [-0.39, 0.29) is 17.8 Å². The molecular weight excluding hydrogens is 270 g/mol. The number of nitrogens with zero attached hydrogens (tertiary/aromatic N) is 3. The zero-order chi connectivity index (χ0) is 15.2. The highest BCUT2D eigenvalue weighted by atomic mass is 16.5.